The quantitative estimate of drug-likeness (QED) is 0.846. The van der Waals surface area contributed by atoms with Crippen molar-refractivity contribution in [3.05, 3.63) is 11.9 Å². The average molecular weight is 237 g/mol. The van der Waals surface area contributed by atoms with E-state index in [-0.39, 0.29) is 0 Å². The summed E-state index contributed by atoms with van der Waals surface area (Å²) in [6, 6.07) is 1.82. The first-order valence-electron chi connectivity index (χ1n) is 6.12. The molecular weight excluding hydrogens is 218 g/mol. The van der Waals surface area contributed by atoms with Gasteiger partial charge in [-0.15, -0.1) is 0 Å². The third-order valence-electron chi connectivity index (χ3n) is 2.64. The molecule has 1 saturated heterocycles. The van der Waals surface area contributed by atoms with Crippen molar-refractivity contribution < 1.29 is 9.47 Å². The molecule has 0 bridgehead atoms. The van der Waals surface area contributed by atoms with E-state index in [2.05, 4.69) is 15.3 Å². The van der Waals surface area contributed by atoms with Gasteiger partial charge in [0.1, 0.15) is 11.6 Å². The first-order valence-corrected chi connectivity index (χ1v) is 6.12. The molecule has 1 aliphatic heterocycles. The van der Waals surface area contributed by atoms with E-state index in [1.54, 1.807) is 0 Å². The zero-order valence-electron chi connectivity index (χ0n) is 10.4. The predicted octanol–water partition coefficient (Wildman–Crippen LogP) is 1.77. The Morgan fingerprint density at radius 3 is 3.12 bits per heavy atom. The summed E-state index contributed by atoms with van der Waals surface area (Å²) >= 11 is 0. The predicted molar refractivity (Wildman–Crippen MR) is 65.4 cm³/mol. The lowest BCUT2D eigenvalue weighted by Gasteiger charge is -2.12. The lowest BCUT2D eigenvalue weighted by molar-refractivity contribution is 0.120. The maximum Gasteiger partial charge on any atom is 0.218 e. The van der Waals surface area contributed by atoms with Crippen molar-refractivity contribution in [1.82, 2.24) is 9.97 Å². The molecule has 0 radical (unpaired) electrons. The van der Waals surface area contributed by atoms with Gasteiger partial charge in [-0.2, -0.15) is 4.98 Å². The molecule has 0 unspecified atom stereocenters. The van der Waals surface area contributed by atoms with Gasteiger partial charge in [-0.1, -0.05) is 0 Å². The number of rotatable bonds is 5. The van der Waals surface area contributed by atoms with E-state index < -0.39 is 0 Å². The summed E-state index contributed by atoms with van der Waals surface area (Å²) in [5.41, 5.74) is 0. The third-order valence-corrected chi connectivity index (χ3v) is 2.64. The van der Waals surface area contributed by atoms with Gasteiger partial charge in [0.25, 0.3) is 0 Å². The van der Waals surface area contributed by atoms with Crippen LogP contribution in [0.25, 0.3) is 0 Å². The van der Waals surface area contributed by atoms with Gasteiger partial charge < -0.3 is 14.8 Å². The Labute approximate surface area is 102 Å². The van der Waals surface area contributed by atoms with Crippen LogP contribution in [0.3, 0.4) is 0 Å². The van der Waals surface area contributed by atoms with Crippen LogP contribution in [0, 0.1) is 6.92 Å². The highest BCUT2D eigenvalue weighted by Crippen LogP contribution is 2.16. The molecule has 1 N–H and O–H groups in total. The summed E-state index contributed by atoms with van der Waals surface area (Å²) in [7, 11) is 0. The van der Waals surface area contributed by atoms with E-state index in [1.807, 2.05) is 19.9 Å². The summed E-state index contributed by atoms with van der Waals surface area (Å²) in [6.07, 6.45) is 2.58. The van der Waals surface area contributed by atoms with E-state index in [0.717, 1.165) is 31.8 Å². The normalized spacial score (nSPS) is 19.3. The van der Waals surface area contributed by atoms with Crippen LogP contribution in [0.15, 0.2) is 6.07 Å². The molecular formula is C12H19N3O2. The van der Waals surface area contributed by atoms with Gasteiger partial charge in [-0.3, -0.25) is 0 Å². The van der Waals surface area contributed by atoms with E-state index in [9.17, 15) is 0 Å². The number of nitrogens with zero attached hydrogens (tertiary/aromatic N) is 2. The van der Waals surface area contributed by atoms with Gasteiger partial charge in [0.05, 0.1) is 12.7 Å². The van der Waals surface area contributed by atoms with Crippen molar-refractivity contribution in [3.8, 4) is 5.88 Å². The van der Waals surface area contributed by atoms with Crippen molar-refractivity contribution in [1.29, 1.82) is 0 Å². The fourth-order valence-corrected chi connectivity index (χ4v) is 1.88. The molecule has 2 rings (SSSR count). The second kappa shape index (κ2) is 5.82. The van der Waals surface area contributed by atoms with Crippen LogP contribution in [-0.4, -0.2) is 35.8 Å². The Kier molecular flexibility index (Phi) is 4.14. The van der Waals surface area contributed by atoms with Crippen molar-refractivity contribution in [2.75, 3.05) is 25.1 Å². The molecule has 1 aliphatic rings. The number of anilines is 1. The third kappa shape index (κ3) is 3.56. The van der Waals surface area contributed by atoms with E-state index >= 15 is 0 Å². The average Bonchev–Trinajstić information content (AvgIpc) is 2.79. The molecule has 17 heavy (non-hydrogen) atoms. The van der Waals surface area contributed by atoms with Crippen molar-refractivity contribution in [2.24, 2.45) is 0 Å². The molecule has 5 heteroatoms. The van der Waals surface area contributed by atoms with Crippen LogP contribution < -0.4 is 10.1 Å². The van der Waals surface area contributed by atoms with Gasteiger partial charge in [0.15, 0.2) is 0 Å². The number of hydrogen-bond donors (Lipinski definition) is 1. The van der Waals surface area contributed by atoms with Gasteiger partial charge in [-0.25, -0.2) is 4.98 Å². The molecule has 0 amide bonds. The Hall–Kier alpha value is -1.36. The highest BCUT2D eigenvalue weighted by molar-refractivity contribution is 5.38. The minimum absolute atomic E-state index is 0.306. The van der Waals surface area contributed by atoms with Crippen LogP contribution in [0.2, 0.25) is 0 Å². The zero-order valence-corrected chi connectivity index (χ0v) is 10.4. The van der Waals surface area contributed by atoms with Gasteiger partial charge in [0.2, 0.25) is 5.88 Å². The number of aryl methyl sites for hydroxylation is 1. The Bertz CT molecular complexity index is 365. The molecule has 1 atom stereocenters. The molecule has 2 heterocycles. The minimum Gasteiger partial charge on any atom is -0.478 e. The summed E-state index contributed by atoms with van der Waals surface area (Å²) in [6.45, 7) is 6.08. The Morgan fingerprint density at radius 2 is 2.41 bits per heavy atom. The standard InChI is InChI=1S/C12H19N3O2/c1-3-16-12-7-11(14-9(2)15-12)13-8-10-5-4-6-17-10/h7,10H,3-6,8H2,1-2H3,(H,13,14,15)/t10-/m1/s1. The monoisotopic (exact) mass is 237 g/mol. The molecule has 1 aromatic rings. The minimum atomic E-state index is 0.306. The SMILES string of the molecule is CCOc1cc(NC[C@H]2CCCO2)nc(C)n1. The number of ether oxygens (including phenoxy) is 2. The smallest absolute Gasteiger partial charge is 0.218 e. The molecule has 1 fully saturated rings. The maximum absolute atomic E-state index is 5.55. The topological polar surface area (TPSA) is 56.3 Å². The molecule has 0 saturated carbocycles. The summed E-state index contributed by atoms with van der Waals surface area (Å²) in [4.78, 5) is 8.52. The Balaban J connectivity index is 1.94. The second-order valence-electron chi connectivity index (χ2n) is 4.09. The van der Waals surface area contributed by atoms with Crippen molar-refractivity contribution >= 4 is 5.82 Å². The first-order chi connectivity index (χ1) is 8.28. The fourth-order valence-electron chi connectivity index (χ4n) is 1.88. The highest BCUT2D eigenvalue weighted by atomic mass is 16.5. The summed E-state index contributed by atoms with van der Waals surface area (Å²) in [5, 5.41) is 3.27. The largest absolute Gasteiger partial charge is 0.478 e. The van der Waals surface area contributed by atoms with Crippen molar-refractivity contribution in [2.45, 2.75) is 32.8 Å². The van der Waals surface area contributed by atoms with Crippen molar-refractivity contribution in [3.63, 3.8) is 0 Å². The van der Waals surface area contributed by atoms with E-state index in [4.69, 9.17) is 9.47 Å². The summed E-state index contributed by atoms with van der Waals surface area (Å²) < 4.78 is 10.9. The maximum atomic E-state index is 5.55. The Morgan fingerprint density at radius 1 is 1.53 bits per heavy atom. The lowest BCUT2D eigenvalue weighted by atomic mass is 10.2. The number of nitrogens with one attached hydrogen (secondary N) is 1. The summed E-state index contributed by atoms with van der Waals surface area (Å²) in [5.74, 6) is 2.14. The molecule has 5 nitrogen and oxygen atoms in total. The van der Waals surface area contributed by atoms with Gasteiger partial charge >= 0.3 is 0 Å². The molecule has 0 aliphatic carbocycles. The second-order valence-corrected chi connectivity index (χ2v) is 4.09. The van der Waals surface area contributed by atoms with Crippen LogP contribution in [0.5, 0.6) is 5.88 Å². The number of aromatic nitrogens is 2. The highest BCUT2D eigenvalue weighted by Gasteiger charge is 2.15. The first kappa shape index (κ1) is 12.1. The zero-order chi connectivity index (χ0) is 12.1. The van der Waals surface area contributed by atoms with Crippen LogP contribution in [0.1, 0.15) is 25.6 Å². The molecule has 1 aromatic heterocycles. The van der Waals surface area contributed by atoms with Crippen LogP contribution >= 0.6 is 0 Å². The van der Waals surface area contributed by atoms with Gasteiger partial charge in [0, 0.05) is 19.2 Å². The number of hydrogen-bond acceptors (Lipinski definition) is 5. The van der Waals surface area contributed by atoms with Gasteiger partial charge in [-0.05, 0) is 26.7 Å². The van der Waals surface area contributed by atoms with Crippen LogP contribution in [-0.2, 0) is 4.74 Å². The molecule has 0 aromatic carbocycles. The lowest BCUT2D eigenvalue weighted by Crippen LogP contribution is -2.19. The fraction of sp³-hybridized carbons (Fsp3) is 0.667. The molecule has 94 valence electrons. The van der Waals surface area contributed by atoms with Crippen LogP contribution in [0.4, 0.5) is 5.82 Å². The van der Waals surface area contributed by atoms with E-state index in [1.165, 1.54) is 0 Å². The van der Waals surface area contributed by atoms with E-state index in [0.29, 0.717) is 24.4 Å². The molecule has 0 spiro atoms.